The maximum atomic E-state index is 6.96. The molecular formula is C60H39NO. The summed E-state index contributed by atoms with van der Waals surface area (Å²) < 4.78 is 6.96. The number of rotatable bonds is 7. The van der Waals surface area contributed by atoms with Crippen molar-refractivity contribution in [2.24, 2.45) is 0 Å². The monoisotopic (exact) mass is 789 g/mol. The van der Waals surface area contributed by atoms with E-state index in [-0.39, 0.29) is 0 Å². The minimum atomic E-state index is 0.853. The highest BCUT2D eigenvalue weighted by Crippen LogP contribution is 2.50. The summed E-state index contributed by atoms with van der Waals surface area (Å²) in [4.78, 5) is 2.44. The van der Waals surface area contributed by atoms with Gasteiger partial charge in [0, 0.05) is 27.4 Å². The fraction of sp³-hybridized carbons (Fsp3) is 0. The first kappa shape index (κ1) is 35.7. The summed E-state index contributed by atoms with van der Waals surface area (Å²) in [5.41, 5.74) is 14.2. The van der Waals surface area contributed by atoms with E-state index in [0.717, 1.165) is 72.0 Å². The maximum Gasteiger partial charge on any atom is 0.160 e. The first-order chi connectivity index (χ1) is 30.8. The molecule has 11 aromatic carbocycles. The molecule has 0 bridgehead atoms. The van der Waals surface area contributed by atoms with Crippen LogP contribution in [0.3, 0.4) is 0 Å². The first-order valence-corrected chi connectivity index (χ1v) is 21.3. The van der Waals surface area contributed by atoms with Gasteiger partial charge in [0.05, 0.1) is 11.4 Å². The number of para-hydroxylation sites is 2. The number of hydrogen-bond acceptors (Lipinski definition) is 2. The minimum Gasteiger partial charge on any atom is -0.454 e. The van der Waals surface area contributed by atoms with Crippen LogP contribution >= 0.6 is 0 Å². The molecule has 0 spiro atoms. The highest BCUT2D eigenvalue weighted by molar-refractivity contribution is 6.20. The van der Waals surface area contributed by atoms with Crippen molar-refractivity contribution in [2.45, 2.75) is 0 Å². The van der Waals surface area contributed by atoms with Gasteiger partial charge in [-0.2, -0.15) is 0 Å². The van der Waals surface area contributed by atoms with Gasteiger partial charge in [-0.05, 0) is 102 Å². The van der Waals surface area contributed by atoms with E-state index in [1.54, 1.807) is 0 Å². The number of anilines is 3. The average molecular weight is 790 g/mol. The molecule has 12 rings (SSSR count). The third kappa shape index (κ3) is 5.96. The van der Waals surface area contributed by atoms with Crippen molar-refractivity contribution in [1.82, 2.24) is 0 Å². The fourth-order valence-corrected chi connectivity index (χ4v) is 9.54. The van der Waals surface area contributed by atoms with Crippen LogP contribution in [-0.4, -0.2) is 0 Å². The molecule has 1 aromatic heterocycles. The van der Waals surface area contributed by atoms with E-state index in [4.69, 9.17) is 4.42 Å². The molecule has 1 heterocycles. The lowest BCUT2D eigenvalue weighted by atomic mass is 9.92. The summed E-state index contributed by atoms with van der Waals surface area (Å²) in [6.45, 7) is 0. The Morgan fingerprint density at radius 2 is 0.823 bits per heavy atom. The predicted molar refractivity (Wildman–Crippen MR) is 263 cm³/mol. The van der Waals surface area contributed by atoms with Gasteiger partial charge in [0.15, 0.2) is 5.58 Å². The molecule has 0 saturated heterocycles. The van der Waals surface area contributed by atoms with Crippen molar-refractivity contribution in [2.75, 3.05) is 4.90 Å². The zero-order chi connectivity index (χ0) is 41.0. The Morgan fingerprint density at radius 3 is 1.56 bits per heavy atom. The molecular weight excluding hydrogens is 751 g/mol. The second kappa shape index (κ2) is 14.8. The lowest BCUT2D eigenvalue weighted by Gasteiger charge is -2.30. The second-order valence-electron chi connectivity index (χ2n) is 16.0. The van der Waals surface area contributed by atoms with Gasteiger partial charge in [0.2, 0.25) is 0 Å². The number of fused-ring (bicyclic) bond motifs is 7. The molecule has 62 heavy (non-hydrogen) atoms. The van der Waals surface area contributed by atoms with Crippen molar-refractivity contribution in [3.05, 3.63) is 237 Å². The van der Waals surface area contributed by atoms with Crippen LogP contribution in [0.25, 0.3) is 98.8 Å². The predicted octanol–water partition coefficient (Wildman–Crippen LogP) is 17.2. The van der Waals surface area contributed by atoms with Gasteiger partial charge in [0.1, 0.15) is 5.58 Å². The van der Waals surface area contributed by atoms with E-state index >= 15 is 0 Å². The van der Waals surface area contributed by atoms with E-state index < -0.39 is 0 Å². The van der Waals surface area contributed by atoms with Crippen LogP contribution < -0.4 is 4.90 Å². The third-order valence-corrected chi connectivity index (χ3v) is 12.4. The van der Waals surface area contributed by atoms with Crippen molar-refractivity contribution >= 4 is 71.3 Å². The zero-order valence-electron chi connectivity index (χ0n) is 33.9. The van der Waals surface area contributed by atoms with Gasteiger partial charge in [-0.3, -0.25) is 0 Å². The van der Waals surface area contributed by atoms with Crippen LogP contribution in [0.1, 0.15) is 0 Å². The fourth-order valence-electron chi connectivity index (χ4n) is 9.54. The molecule has 0 radical (unpaired) electrons. The highest BCUT2D eigenvalue weighted by atomic mass is 16.3. The minimum absolute atomic E-state index is 0.853. The summed E-state index contributed by atoms with van der Waals surface area (Å²) in [5.74, 6) is 0. The van der Waals surface area contributed by atoms with Crippen LogP contribution in [0.5, 0.6) is 0 Å². The first-order valence-electron chi connectivity index (χ1n) is 21.3. The van der Waals surface area contributed by atoms with Crippen LogP contribution in [0.4, 0.5) is 17.1 Å². The van der Waals surface area contributed by atoms with Crippen LogP contribution in [0.2, 0.25) is 0 Å². The highest BCUT2D eigenvalue weighted by Gasteiger charge is 2.26. The van der Waals surface area contributed by atoms with Gasteiger partial charge in [-0.25, -0.2) is 0 Å². The van der Waals surface area contributed by atoms with E-state index in [9.17, 15) is 0 Å². The molecule has 0 unspecified atom stereocenters. The van der Waals surface area contributed by atoms with Gasteiger partial charge < -0.3 is 9.32 Å². The maximum absolute atomic E-state index is 6.96. The van der Waals surface area contributed by atoms with Gasteiger partial charge in [-0.1, -0.05) is 200 Å². The molecule has 0 aliphatic rings. The summed E-state index contributed by atoms with van der Waals surface area (Å²) in [6, 6.07) is 85.5. The van der Waals surface area contributed by atoms with Crippen LogP contribution in [-0.2, 0) is 0 Å². The zero-order valence-corrected chi connectivity index (χ0v) is 33.9. The topological polar surface area (TPSA) is 16.4 Å². The number of nitrogens with zero attached hydrogens (tertiary/aromatic N) is 1. The number of benzene rings is 11. The van der Waals surface area contributed by atoms with Gasteiger partial charge >= 0.3 is 0 Å². The number of furan rings is 1. The standard InChI is InChI=1S/C60H39NO/c1-3-17-40(18-4-1)48-36-35-46(39-55(48)41-19-5-2-6-20-41)61(59-50-25-10-8-22-45(50)38-56-53-28-14-16-30-58(53)62-60(56)59)57-29-15-13-24-49(57)42-31-33-43(34-32-42)54-37-44-21-7-9-23-47(44)51-26-11-12-27-52(51)54/h1-39H. The molecule has 0 N–H and O–H groups in total. The summed E-state index contributed by atoms with van der Waals surface area (Å²) in [6.07, 6.45) is 0. The summed E-state index contributed by atoms with van der Waals surface area (Å²) >= 11 is 0. The molecule has 0 amide bonds. The summed E-state index contributed by atoms with van der Waals surface area (Å²) in [7, 11) is 0. The van der Waals surface area contributed by atoms with Crippen molar-refractivity contribution in [1.29, 1.82) is 0 Å². The Balaban J connectivity index is 1.11. The second-order valence-corrected chi connectivity index (χ2v) is 16.0. The molecule has 290 valence electrons. The summed E-state index contributed by atoms with van der Waals surface area (Å²) in [5, 5.41) is 9.50. The molecule has 0 fully saturated rings. The average Bonchev–Trinajstić information content (AvgIpc) is 3.72. The molecule has 0 aliphatic heterocycles. The van der Waals surface area contributed by atoms with Crippen LogP contribution in [0.15, 0.2) is 241 Å². The van der Waals surface area contributed by atoms with E-state index in [1.165, 1.54) is 43.8 Å². The van der Waals surface area contributed by atoms with Gasteiger partial charge in [-0.15, -0.1) is 0 Å². The Morgan fingerprint density at radius 1 is 0.290 bits per heavy atom. The molecule has 2 nitrogen and oxygen atoms in total. The van der Waals surface area contributed by atoms with Crippen LogP contribution in [0, 0.1) is 0 Å². The smallest absolute Gasteiger partial charge is 0.160 e. The van der Waals surface area contributed by atoms with Crippen molar-refractivity contribution < 1.29 is 4.42 Å². The molecule has 12 aromatic rings. The van der Waals surface area contributed by atoms with Crippen molar-refractivity contribution in [3.8, 4) is 44.5 Å². The SMILES string of the molecule is c1ccc(-c2ccc(N(c3ccccc3-c3ccc(-c4cc5ccccc5c5ccccc45)cc3)c3c4ccccc4cc4c3oc3ccccc34)cc2-c2ccccc2)cc1. The Labute approximate surface area is 360 Å². The normalized spacial score (nSPS) is 11.5. The van der Waals surface area contributed by atoms with E-state index in [1.807, 2.05) is 0 Å². The van der Waals surface area contributed by atoms with E-state index in [0.29, 0.717) is 0 Å². The Hall–Kier alpha value is -8.20. The van der Waals surface area contributed by atoms with E-state index in [2.05, 4.69) is 241 Å². The van der Waals surface area contributed by atoms with Crippen molar-refractivity contribution in [3.63, 3.8) is 0 Å². The molecule has 0 atom stereocenters. The Kier molecular flexibility index (Phi) is 8.53. The number of hydrogen-bond donors (Lipinski definition) is 0. The lowest BCUT2D eigenvalue weighted by molar-refractivity contribution is 0.669. The third-order valence-electron chi connectivity index (χ3n) is 12.4. The molecule has 2 heteroatoms. The quantitative estimate of drug-likeness (QED) is 0.150. The molecule has 0 aliphatic carbocycles. The largest absolute Gasteiger partial charge is 0.454 e. The Bertz CT molecular complexity index is 3620. The lowest BCUT2D eigenvalue weighted by Crippen LogP contribution is -2.12. The van der Waals surface area contributed by atoms with Gasteiger partial charge in [0.25, 0.3) is 0 Å². The molecule has 0 saturated carbocycles.